The van der Waals surface area contributed by atoms with Crippen LogP contribution in [0.1, 0.15) is 56.8 Å². The minimum atomic E-state index is -0.554. The van der Waals surface area contributed by atoms with Gasteiger partial charge in [0.2, 0.25) is 0 Å². The molecule has 0 radical (unpaired) electrons. The van der Waals surface area contributed by atoms with Gasteiger partial charge in [0, 0.05) is 18.0 Å². The van der Waals surface area contributed by atoms with Gasteiger partial charge in [-0.2, -0.15) is 0 Å². The number of H-pyrrole nitrogens is 1. The van der Waals surface area contributed by atoms with E-state index >= 15 is 0 Å². The summed E-state index contributed by atoms with van der Waals surface area (Å²) in [5, 5.41) is 11.2. The molecule has 7 heteroatoms. The third-order valence-corrected chi connectivity index (χ3v) is 6.44. The molecule has 0 fully saturated rings. The number of hydrogen-bond acceptors (Lipinski definition) is 6. The number of thiophene rings is 1. The maximum atomic E-state index is 12.7. The summed E-state index contributed by atoms with van der Waals surface area (Å²) in [5.74, 6) is 1.70. The number of aromatic amines is 1. The van der Waals surface area contributed by atoms with Crippen molar-refractivity contribution in [1.29, 1.82) is 0 Å². The first-order valence-electron chi connectivity index (χ1n) is 10.8. The van der Waals surface area contributed by atoms with Crippen LogP contribution in [0.4, 0.5) is 0 Å². The first kappa shape index (κ1) is 22.4. The lowest BCUT2D eigenvalue weighted by atomic mass is 10.1. The van der Waals surface area contributed by atoms with Crippen molar-refractivity contribution in [3.8, 4) is 0 Å². The van der Waals surface area contributed by atoms with E-state index in [4.69, 9.17) is 9.72 Å². The van der Waals surface area contributed by atoms with Crippen molar-refractivity contribution in [2.75, 3.05) is 26.3 Å². The van der Waals surface area contributed by atoms with Crippen LogP contribution in [0.25, 0.3) is 10.2 Å². The molecule has 0 saturated carbocycles. The molecule has 0 unspecified atom stereocenters. The Hall–Kier alpha value is -1.28. The lowest BCUT2D eigenvalue weighted by molar-refractivity contribution is 0.00592. The molecule has 2 N–H and O–H groups in total. The Morgan fingerprint density at radius 1 is 1.21 bits per heavy atom. The van der Waals surface area contributed by atoms with Crippen molar-refractivity contribution in [2.24, 2.45) is 11.8 Å². The van der Waals surface area contributed by atoms with Gasteiger partial charge in [-0.1, -0.05) is 27.7 Å². The average Bonchev–Trinajstić information content (AvgIpc) is 3.19. The van der Waals surface area contributed by atoms with Gasteiger partial charge in [0.1, 0.15) is 10.7 Å². The second kappa shape index (κ2) is 10.2. The highest BCUT2D eigenvalue weighted by atomic mass is 32.1. The number of nitrogens with zero attached hydrogens (tertiary/aromatic N) is 2. The van der Waals surface area contributed by atoms with Crippen molar-refractivity contribution in [1.82, 2.24) is 14.9 Å². The highest BCUT2D eigenvalue weighted by Crippen LogP contribution is 2.34. The summed E-state index contributed by atoms with van der Waals surface area (Å²) in [6, 6.07) is 0. The van der Waals surface area contributed by atoms with Crippen LogP contribution in [0, 0.1) is 11.8 Å². The van der Waals surface area contributed by atoms with Gasteiger partial charge in [-0.05, 0) is 49.6 Å². The van der Waals surface area contributed by atoms with Crippen LogP contribution in [0.3, 0.4) is 0 Å². The fourth-order valence-corrected chi connectivity index (χ4v) is 5.08. The van der Waals surface area contributed by atoms with Crippen LogP contribution in [0.5, 0.6) is 0 Å². The van der Waals surface area contributed by atoms with Crippen molar-refractivity contribution in [2.45, 2.75) is 66.0 Å². The second-order valence-electron chi connectivity index (χ2n) is 9.05. The summed E-state index contributed by atoms with van der Waals surface area (Å²) in [7, 11) is 0. The first-order chi connectivity index (χ1) is 13.8. The smallest absolute Gasteiger partial charge is 0.259 e. The van der Waals surface area contributed by atoms with Gasteiger partial charge in [-0.25, -0.2) is 4.98 Å². The zero-order valence-corrected chi connectivity index (χ0v) is 19.0. The van der Waals surface area contributed by atoms with Gasteiger partial charge in [0.15, 0.2) is 0 Å². The SMILES string of the molecule is CC(C)CCN(Cc1nc2sc3c(c2c(=O)[nH]1)CCC3)C[C@H](O)COCC(C)C. The van der Waals surface area contributed by atoms with E-state index in [0.29, 0.717) is 44.0 Å². The quantitative estimate of drug-likeness (QED) is 0.582. The largest absolute Gasteiger partial charge is 0.389 e. The summed E-state index contributed by atoms with van der Waals surface area (Å²) in [6.07, 6.45) is 3.66. The van der Waals surface area contributed by atoms with Crippen LogP contribution >= 0.6 is 11.3 Å². The number of aryl methyl sites for hydroxylation is 2. The molecule has 2 aromatic rings. The predicted octanol–water partition coefficient (Wildman–Crippen LogP) is 3.35. The third kappa shape index (κ3) is 6.10. The standard InChI is InChI=1S/C22H35N3O3S/c1-14(2)8-9-25(10-16(26)13-28-12-15(3)4)11-19-23-21(27)20-17-6-5-7-18(17)29-22(20)24-19/h14-16,26H,5-13H2,1-4H3,(H,23,24,27)/t16-/m0/s1. The second-order valence-corrected chi connectivity index (χ2v) is 10.1. The molecule has 0 aromatic carbocycles. The van der Waals surface area contributed by atoms with Crippen molar-refractivity contribution in [3.63, 3.8) is 0 Å². The normalized spacial score (nSPS) is 15.2. The van der Waals surface area contributed by atoms with Crippen LogP contribution in [0.2, 0.25) is 0 Å². The molecule has 1 atom stereocenters. The lowest BCUT2D eigenvalue weighted by Gasteiger charge is -2.25. The maximum Gasteiger partial charge on any atom is 0.259 e. The van der Waals surface area contributed by atoms with E-state index in [1.807, 2.05) is 0 Å². The lowest BCUT2D eigenvalue weighted by Crippen LogP contribution is -2.36. The Balaban J connectivity index is 1.70. The zero-order valence-electron chi connectivity index (χ0n) is 18.2. The monoisotopic (exact) mass is 421 g/mol. The van der Waals surface area contributed by atoms with Gasteiger partial charge in [-0.15, -0.1) is 11.3 Å². The summed E-state index contributed by atoms with van der Waals surface area (Å²) in [6.45, 7) is 11.4. The van der Waals surface area contributed by atoms with E-state index in [-0.39, 0.29) is 5.56 Å². The summed E-state index contributed by atoms with van der Waals surface area (Å²) < 4.78 is 5.60. The van der Waals surface area contributed by atoms with Crippen molar-refractivity contribution < 1.29 is 9.84 Å². The van der Waals surface area contributed by atoms with E-state index in [1.165, 1.54) is 10.4 Å². The molecule has 3 rings (SSSR count). The Bertz CT molecular complexity index is 859. The maximum absolute atomic E-state index is 12.7. The molecule has 1 aliphatic carbocycles. The predicted molar refractivity (Wildman–Crippen MR) is 119 cm³/mol. The molecular weight excluding hydrogens is 386 g/mol. The molecule has 0 amide bonds. The fraction of sp³-hybridized carbons (Fsp3) is 0.727. The topological polar surface area (TPSA) is 78.5 Å². The van der Waals surface area contributed by atoms with Crippen molar-refractivity contribution in [3.05, 3.63) is 26.6 Å². The number of aromatic nitrogens is 2. The van der Waals surface area contributed by atoms with Gasteiger partial charge >= 0.3 is 0 Å². The number of nitrogens with one attached hydrogen (secondary N) is 1. The van der Waals surface area contributed by atoms with Gasteiger partial charge in [0.05, 0.1) is 24.6 Å². The van der Waals surface area contributed by atoms with Crippen LogP contribution in [-0.2, 0) is 24.1 Å². The Labute approximate surface area is 177 Å². The number of aliphatic hydroxyl groups is 1. The Morgan fingerprint density at radius 2 is 2.00 bits per heavy atom. The number of aliphatic hydroxyl groups excluding tert-OH is 1. The third-order valence-electron chi connectivity index (χ3n) is 5.25. The van der Waals surface area contributed by atoms with Gasteiger partial charge in [-0.3, -0.25) is 9.69 Å². The first-order valence-corrected chi connectivity index (χ1v) is 11.7. The summed E-state index contributed by atoms with van der Waals surface area (Å²) in [5.41, 5.74) is 1.19. The Kier molecular flexibility index (Phi) is 7.85. The number of rotatable bonds is 11. The highest BCUT2D eigenvalue weighted by Gasteiger charge is 2.22. The zero-order chi connectivity index (χ0) is 21.0. The molecule has 6 nitrogen and oxygen atoms in total. The van der Waals surface area contributed by atoms with E-state index in [2.05, 4.69) is 37.6 Å². The van der Waals surface area contributed by atoms with E-state index < -0.39 is 6.10 Å². The van der Waals surface area contributed by atoms with E-state index in [0.717, 1.165) is 42.4 Å². The molecule has 2 aromatic heterocycles. The van der Waals surface area contributed by atoms with Crippen LogP contribution < -0.4 is 5.56 Å². The number of hydrogen-bond donors (Lipinski definition) is 2. The van der Waals surface area contributed by atoms with E-state index in [9.17, 15) is 9.90 Å². The molecule has 0 bridgehead atoms. The molecule has 29 heavy (non-hydrogen) atoms. The summed E-state index contributed by atoms with van der Waals surface area (Å²) >= 11 is 1.67. The molecule has 1 aliphatic rings. The molecular formula is C22H35N3O3S. The number of ether oxygens (including phenoxy) is 1. The fourth-order valence-electron chi connectivity index (χ4n) is 3.80. The number of fused-ring (bicyclic) bond motifs is 3. The van der Waals surface area contributed by atoms with Gasteiger partial charge in [0.25, 0.3) is 5.56 Å². The molecule has 0 spiro atoms. The van der Waals surface area contributed by atoms with Crippen LogP contribution in [-0.4, -0.2) is 52.4 Å². The highest BCUT2D eigenvalue weighted by molar-refractivity contribution is 7.18. The molecule has 2 heterocycles. The average molecular weight is 422 g/mol. The van der Waals surface area contributed by atoms with E-state index in [1.54, 1.807) is 11.3 Å². The van der Waals surface area contributed by atoms with Gasteiger partial charge < -0.3 is 14.8 Å². The minimum absolute atomic E-state index is 0.0194. The van der Waals surface area contributed by atoms with Crippen molar-refractivity contribution >= 4 is 21.6 Å². The summed E-state index contributed by atoms with van der Waals surface area (Å²) in [4.78, 5) is 24.8. The van der Waals surface area contributed by atoms with Crippen LogP contribution in [0.15, 0.2) is 4.79 Å². The Morgan fingerprint density at radius 3 is 2.72 bits per heavy atom. The molecule has 0 saturated heterocycles. The molecule has 0 aliphatic heterocycles. The minimum Gasteiger partial charge on any atom is -0.389 e. The molecule has 162 valence electrons.